The van der Waals surface area contributed by atoms with E-state index >= 15 is 0 Å². The van der Waals surface area contributed by atoms with Crippen molar-refractivity contribution in [3.63, 3.8) is 0 Å². The van der Waals surface area contributed by atoms with Crippen molar-refractivity contribution in [2.24, 2.45) is 5.73 Å². The van der Waals surface area contributed by atoms with Gasteiger partial charge < -0.3 is 15.7 Å². The first kappa shape index (κ1) is 15.4. The molecule has 0 amide bonds. The monoisotopic (exact) mass is 281 g/mol. The molecular weight excluding hydrogens is 266 g/mol. The van der Waals surface area contributed by atoms with Crippen LogP contribution in [0.1, 0.15) is 12.5 Å². The summed E-state index contributed by atoms with van der Waals surface area (Å²) in [7, 11) is 0. The molecule has 2 aromatic rings. The second-order valence-electron chi connectivity index (χ2n) is 4.07. The van der Waals surface area contributed by atoms with Crippen LogP contribution in [-0.4, -0.2) is 26.0 Å². The third-order valence-electron chi connectivity index (χ3n) is 2.12. The lowest BCUT2D eigenvalue weighted by atomic mass is 10.1. The number of nitrogens with two attached hydrogens (primary N) is 1. The van der Waals surface area contributed by atoms with Gasteiger partial charge in [-0.2, -0.15) is 0 Å². The minimum Gasteiger partial charge on any atom is -0.328 e. The van der Waals surface area contributed by atoms with Crippen LogP contribution in [0.5, 0.6) is 0 Å². The Hall–Kier alpha value is -2.68. The molecule has 0 saturated heterocycles. The van der Waals surface area contributed by atoms with Gasteiger partial charge in [0.15, 0.2) is 0 Å². The van der Waals surface area contributed by atoms with E-state index in [1.54, 1.807) is 6.92 Å². The second-order valence-corrected chi connectivity index (χ2v) is 4.07. The third-order valence-corrected chi connectivity index (χ3v) is 2.12. The van der Waals surface area contributed by atoms with Crippen LogP contribution < -0.4 is 28.2 Å². The van der Waals surface area contributed by atoms with Gasteiger partial charge in [0.1, 0.15) is 0 Å². The first-order valence-electron chi connectivity index (χ1n) is 5.73. The predicted molar refractivity (Wildman–Crippen MR) is 72.7 cm³/mol. The van der Waals surface area contributed by atoms with E-state index in [9.17, 15) is 19.2 Å². The standard InChI is InChI=1S/C7H11N3O2.C4H4N2O2/c1-4(8)2-5-3-9-7(12)10-6(5)11;7-3-1-2-5-4(8)6-3/h3-4H,2,8H2,1H3,(H2,9,10,11,12);1-2H,(H2,5,6,7,8). The number of H-pyrrole nitrogens is 4. The molecule has 0 fully saturated rings. The van der Waals surface area contributed by atoms with E-state index in [1.807, 2.05) is 4.98 Å². The number of hydrogen-bond acceptors (Lipinski definition) is 5. The summed E-state index contributed by atoms with van der Waals surface area (Å²) >= 11 is 0. The Morgan fingerprint density at radius 3 is 2.20 bits per heavy atom. The number of aromatic nitrogens is 4. The Balaban J connectivity index is 0.000000217. The molecule has 1 atom stereocenters. The first-order chi connectivity index (χ1) is 9.38. The molecular formula is C11H15N5O4. The van der Waals surface area contributed by atoms with Crippen molar-refractivity contribution in [3.05, 3.63) is 65.7 Å². The molecule has 2 heterocycles. The van der Waals surface area contributed by atoms with Crippen molar-refractivity contribution in [3.8, 4) is 0 Å². The van der Waals surface area contributed by atoms with Gasteiger partial charge >= 0.3 is 11.4 Å². The van der Waals surface area contributed by atoms with Crippen LogP contribution in [0.4, 0.5) is 0 Å². The van der Waals surface area contributed by atoms with Gasteiger partial charge in [0.2, 0.25) is 0 Å². The molecule has 0 aliphatic carbocycles. The Kier molecular flexibility index (Phi) is 5.42. The minimum absolute atomic E-state index is 0.0861. The van der Waals surface area contributed by atoms with Gasteiger partial charge in [-0.1, -0.05) is 0 Å². The minimum atomic E-state index is -0.492. The Labute approximate surface area is 111 Å². The summed E-state index contributed by atoms with van der Waals surface area (Å²) in [5.41, 5.74) is 4.28. The van der Waals surface area contributed by atoms with Crippen molar-refractivity contribution in [2.75, 3.05) is 0 Å². The summed E-state index contributed by atoms with van der Waals surface area (Å²) in [4.78, 5) is 50.8. The first-order valence-corrected chi connectivity index (χ1v) is 5.73. The zero-order valence-electron chi connectivity index (χ0n) is 10.7. The lowest BCUT2D eigenvalue weighted by Gasteiger charge is -2.01. The second kappa shape index (κ2) is 7.04. The zero-order valence-corrected chi connectivity index (χ0v) is 10.7. The highest BCUT2D eigenvalue weighted by molar-refractivity contribution is 5.04. The Bertz CT molecular complexity index is 742. The fourth-order valence-electron chi connectivity index (χ4n) is 1.32. The molecule has 9 nitrogen and oxygen atoms in total. The molecule has 2 aromatic heterocycles. The molecule has 108 valence electrons. The van der Waals surface area contributed by atoms with Crippen LogP contribution in [0.2, 0.25) is 0 Å². The van der Waals surface area contributed by atoms with Gasteiger partial charge in [-0.15, -0.1) is 0 Å². The summed E-state index contributed by atoms with van der Waals surface area (Å²) in [6.07, 6.45) is 3.15. The van der Waals surface area contributed by atoms with E-state index in [1.165, 1.54) is 18.5 Å². The number of aromatic amines is 4. The molecule has 20 heavy (non-hydrogen) atoms. The van der Waals surface area contributed by atoms with Crippen LogP contribution in [0.3, 0.4) is 0 Å². The normalized spacial score (nSPS) is 11.3. The zero-order chi connectivity index (χ0) is 15.1. The lowest BCUT2D eigenvalue weighted by molar-refractivity contribution is 0.724. The van der Waals surface area contributed by atoms with Gasteiger partial charge in [-0.3, -0.25) is 19.6 Å². The molecule has 0 aromatic carbocycles. The number of nitrogens with one attached hydrogen (secondary N) is 4. The van der Waals surface area contributed by atoms with Crippen LogP contribution in [0.15, 0.2) is 37.6 Å². The van der Waals surface area contributed by atoms with E-state index in [-0.39, 0.29) is 17.2 Å². The fraction of sp³-hybridized carbons (Fsp3) is 0.273. The van der Waals surface area contributed by atoms with Gasteiger partial charge in [-0.05, 0) is 13.3 Å². The average Bonchev–Trinajstić information content (AvgIpc) is 2.33. The van der Waals surface area contributed by atoms with Crippen LogP contribution in [-0.2, 0) is 6.42 Å². The van der Waals surface area contributed by atoms with Crippen molar-refractivity contribution in [2.45, 2.75) is 19.4 Å². The van der Waals surface area contributed by atoms with E-state index in [0.29, 0.717) is 12.0 Å². The van der Waals surface area contributed by atoms with E-state index < -0.39 is 11.4 Å². The van der Waals surface area contributed by atoms with Crippen molar-refractivity contribution in [1.29, 1.82) is 0 Å². The van der Waals surface area contributed by atoms with Crippen LogP contribution in [0, 0.1) is 0 Å². The van der Waals surface area contributed by atoms with Crippen LogP contribution in [0.25, 0.3) is 0 Å². The predicted octanol–water partition coefficient (Wildman–Crippen LogP) is -1.98. The Morgan fingerprint density at radius 2 is 1.75 bits per heavy atom. The molecule has 9 heteroatoms. The molecule has 2 rings (SSSR count). The quantitative estimate of drug-likeness (QED) is 0.431. The molecule has 0 bridgehead atoms. The fourth-order valence-corrected chi connectivity index (χ4v) is 1.32. The van der Waals surface area contributed by atoms with E-state index in [2.05, 4.69) is 15.0 Å². The van der Waals surface area contributed by atoms with Gasteiger partial charge in [0, 0.05) is 30.1 Å². The Morgan fingerprint density at radius 1 is 1.10 bits per heavy atom. The highest BCUT2D eigenvalue weighted by Gasteiger charge is 2.02. The lowest BCUT2D eigenvalue weighted by Crippen LogP contribution is -2.28. The smallest absolute Gasteiger partial charge is 0.325 e. The summed E-state index contributed by atoms with van der Waals surface area (Å²) in [6, 6.07) is 1.15. The molecule has 0 radical (unpaired) electrons. The highest BCUT2D eigenvalue weighted by atomic mass is 16.2. The van der Waals surface area contributed by atoms with Gasteiger partial charge in [-0.25, -0.2) is 9.59 Å². The van der Waals surface area contributed by atoms with Crippen molar-refractivity contribution >= 4 is 0 Å². The van der Waals surface area contributed by atoms with E-state index in [0.717, 1.165) is 0 Å². The van der Waals surface area contributed by atoms with E-state index in [4.69, 9.17) is 5.73 Å². The molecule has 0 aliphatic heterocycles. The topological polar surface area (TPSA) is 157 Å². The summed E-state index contributed by atoms with van der Waals surface area (Å²) < 4.78 is 0. The number of rotatable bonds is 2. The maximum absolute atomic E-state index is 11.0. The summed E-state index contributed by atoms with van der Waals surface area (Å²) in [5.74, 6) is 0. The van der Waals surface area contributed by atoms with Gasteiger partial charge in [0.25, 0.3) is 11.1 Å². The third kappa shape index (κ3) is 5.31. The molecule has 0 saturated carbocycles. The maximum atomic E-state index is 11.0. The largest absolute Gasteiger partial charge is 0.328 e. The SMILES string of the molecule is CC(N)Cc1c[nH]c(=O)[nH]c1=O.O=c1cc[nH]c(=O)[nH]1. The number of hydrogen-bond donors (Lipinski definition) is 5. The molecule has 1 unspecified atom stereocenters. The summed E-state index contributed by atoms with van der Waals surface area (Å²) in [5, 5.41) is 0. The molecule has 0 aliphatic rings. The average molecular weight is 281 g/mol. The summed E-state index contributed by atoms with van der Waals surface area (Å²) in [6.45, 7) is 1.80. The maximum Gasteiger partial charge on any atom is 0.325 e. The molecule has 0 spiro atoms. The van der Waals surface area contributed by atoms with Crippen molar-refractivity contribution in [1.82, 2.24) is 19.9 Å². The molecule has 6 N–H and O–H groups in total. The van der Waals surface area contributed by atoms with Gasteiger partial charge in [0.05, 0.1) is 0 Å². The van der Waals surface area contributed by atoms with Crippen molar-refractivity contribution < 1.29 is 0 Å². The highest BCUT2D eigenvalue weighted by Crippen LogP contribution is 1.89. The van der Waals surface area contributed by atoms with Crippen LogP contribution >= 0.6 is 0 Å².